The van der Waals surface area contributed by atoms with Gasteiger partial charge >= 0.3 is 0 Å². The van der Waals surface area contributed by atoms with Crippen molar-refractivity contribution in [3.05, 3.63) is 59.4 Å². The maximum Gasteiger partial charge on any atom is 0.255 e. The summed E-state index contributed by atoms with van der Waals surface area (Å²) in [5, 5.41) is 12.1. The molecule has 0 saturated heterocycles. The summed E-state index contributed by atoms with van der Waals surface area (Å²) in [5.41, 5.74) is 2.86. The van der Waals surface area contributed by atoms with Crippen LogP contribution in [0.1, 0.15) is 21.5 Å². The standard InChI is InChI=1S/C14H14N2O2/c1-10-3-2-4-13(12(10)9-17)16-14(18)11-5-7-15-8-6-11/h2-8,17H,9H2,1H3,(H,16,18). The SMILES string of the molecule is Cc1cccc(NC(=O)c2ccncc2)c1CO. The van der Waals surface area contributed by atoms with Crippen LogP contribution < -0.4 is 5.32 Å². The molecule has 0 spiro atoms. The molecule has 1 heterocycles. The molecule has 0 fully saturated rings. The summed E-state index contributed by atoms with van der Waals surface area (Å²) < 4.78 is 0. The average molecular weight is 242 g/mol. The van der Waals surface area contributed by atoms with E-state index in [-0.39, 0.29) is 12.5 Å². The second kappa shape index (κ2) is 5.42. The van der Waals surface area contributed by atoms with Gasteiger partial charge in [0, 0.05) is 29.2 Å². The van der Waals surface area contributed by atoms with Crippen LogP contribution in [0, 0.1) is 6.92 Å². The highest BCUT2D eigenvalue weighted by Crippen LogP contribution is 2.20. The molecule has 0 unspecified atom stereocenters. The normalized spacial score (nSPS) is 10.1. The van der Waals surface area contributed by atoms with Gasteiger partial charge in [0.2, 0.25) is 0 Å². The third-order valence-corrected chi connectivity index (χ3v) is 2.76. The Morgan fingerprint density at radius 1 is 1.28 bits per heavy atom. The van der Waals surface area contributed by atoms with Crippen LogP contribution in [0.4, 0.5) is 5.69 Å². The minimum atomic E-state index is -0.210. The predicted molar refractivity (Wildman–Crippen MR) is 69.3 cm³/mol. The number of rotatable bonds is 3. The van der Waals surface area contributed by atoms with Crippen molar-refractivity contribution in [3.8, 4) is 0 Å². The lowest BCUT2D eigenvalue weighted by Crippen LogP contribution is -2.13. The van der Waals surface area contributed by atoms with Crippen molar-refractivity contribution in [3.63, 3.8) is 0 Å². The van der Waals surface area contributed by atoms with E-state index in [0.717, 1.165) is 11.1 Å². The number of benzene rings is 1. The van der Waals surface area contributed by atoms with E-state index in [2.05, 4.69) is 10.3 Å². The van der Waals surface area contributed by atoms with Gasteiger partial charge in [-0.3, -0.25) is 9.78 Å². The molecule has 18 heavy (non-hydrogen) atoms. The van der Waals surface area contributed by atoms with Crippen LogP contribution in [0.2, 0.25) is 0 Å². The fraction of sp³-hybridized carbons (Fsp3) is 0.143. The molecule has 1 aromatic heterocycles. The Labute approximate surface area is 105 Å². The monoisotopic (exact) mass is 242 g/mol. The summed E-state index contributed by atoms with van der Waals surface area (Å²) in [4.78, 5) is 15.8. The predicted octanol–water partition coefficient (Wildman–Crippen LogP) is 2.13. The molecule has 1 amide bonds. The number of nitrogens with zero attached hydrogens (tertiary/aromatic N) is 1. The van der Waals surface area contributed by atoms with Gasteiger partial charge in [-0.05, 0) is 30.7 Å². The van der Waals surface area contributed by atoms with Crippen molar-refractivity contribution in [1.29, 1.82) is 0 Å². The molecule has 0 aliphatic carbocycles. The minimum absolute atomic E-state index is 0.0986. The van der Waals surface area contributed by atoms with Crippen LogP contribution in [0.15, 0.2) is 42.7 Å². The zero-order chi connectivity index (χ0) is 13.0. The molecule has 0 bridgehead atoms. The van der Waals surface area contributed by atoms with E-state index in [0.29, 0.717) is 11.3 Å². The van der Waals surface area contributed by atoms with Crippen LogP contribution in [0.25, 0.3) is 0 Å². The Morgan fingerprint density at radius 2 is 2.00 bits per heavy atom. The molecule has 0 saturated carbocycles. The summed E-state index contributed by atoms with van der Waals surface area (Å²) in [6.07, 6.45) is 3.14. The van der Waals surface area contributed by atoms with Gasteiger partial charge in [0.15, 0.2) is 0 Å². The molecule has 0 aliphatic heterocycles. The third kappa shape index (κ3) is 2.55. The first kappa shape index (κ1) is 12.3. The molecular weight excluding hydrogens is 228 g/mol. The summed E-state index contributed by atoms with van der Waals surface area (Å²) in [7, 11) is 0. The molecule has 0 aliphatic rings. The Bertz CT molecular complexity index is 553. The number of hydrogen-bond donors (Lipinski definition) is 2. The van der Waals surface area contributed by atoms with E-state index >= 15 is 0 Å². The fourth-order valence-electron chi connectivity index (χ4n) is 1.73. The number of nitrogens with one attached hydrogen (secondary N) is 1. The number of aryl methyl sites for hydroxylation is 1. The van der Waals surface area contributed by atoms with Gasteiger partial charge in [-0.25, -0.2) is 0 Å². The van der Waals surface area contributed by atoms with Crippen LogP contribution in [-0.2, 0) is 6.61 Å². The van der Waals surface area contributed by atoms with Crippen molar-refractivity contribution >= 4 is 11.6 Å². The minimum Gasteiger partial charge on any atom is -0.392 e. The molecule has 0 atom stereocenters. The molecule has 2 aromatic rings. The number of anilines is 1. The van der Waals surface area contributed by atoms with Gasteiger partial charge < -0.3 is 10.4 Å². The molecule has 2 N–H and O–H groups in total. The van der Waals surface area contributed by atoms with Crippen molar-refractivity contribution in [2.75, 3.05) is 5.32 Å². The second-order valence-electron chi connectivity index (χ2n) is 3.95. The first-order valence-electron chi connectivity index (χ1n) is 5.63. The number of pyridine rings is 1. The van der Waals surface area contributed by atoms with Gasteiger partial charge in [-0.2, -0.15) is 0 Å². The highest BCUT2D eigenvalue weighted by Gasteiger charge is 2.09. The molecule has 1 aromatic carbocycles. The number of carbonyl (C=O) groups excluding carboxylic acids is 1. The van der Waals surface area contributed by atoms with E-state index < -0.39 is 0 Å². The maximum atomic E-state index is 12.0. The fourth-order valence-corrected chi connectivity index (χ4v) is 1.73. The first-order chi connectivity index (χ1) is 8.72. The Kier molecular flexibility index (Phi) is 3.69. The zero-order valence-electron chi connectivity index (χ0n) is 10.1. The van der Waals surface area contributed by atoms with Crippen molar-refractivity contribution in [1.82, 2.24) is 4.98 Å². The van der Waals surface area contributed by atoms with E-state index in [1.165, 1.54) is 0 Å². The Morgan fingerprint density at radius 3 is 2.67 bits per heavy atom. The lowest BCUT2D eigenvalue weighted by atomic mass is 10.1. The zero-order valence-corrected chi connectivity index (χ0v) is 10.1. The lowest BCUT2D eigenvalue weighted by Gasteiger charge is -2.11. The van der Waals surface area contributed by atoms with E-state index in [4.69, 9.17) is 0 Å². The van der Waals surface area contributed by atoms with Gasteiger partial charge in [0.05, 0.1) is 6.61 Å². The summed E-state index contributed by atoms with van der Waals surface area (Å²) in [6.45, 7) is 1.80. The van der Waals surface area contributed by atoms with Crippen molar-refractivity contribution < 1.29 is 9.90 Å². The van der Waals surface area contributed by atoms with Gasteiger partial charge in [-0.1, -0.05) is 12.1 Å². The maximum absolute atomic E-state index is 12.0. The number of aliphatic hydroxyl groups excluding tert-OH is 1. The van der Waals surface area contributed by atoms with E-state index in [9.17, 15) is 9.90 Å². The van der Waals surface area contributed by atoms with Crippen molar-refractivity contribution in [2.45, 2.75) is 13.5 Å². The van der Waals surface area contributed by atoms with Crippen LogP contribution in [0.3, 0.4) is 0 Å². The van der Waals surface area contributed by atoms with E-state index in [1.807, 2.05) is 19.1 Å². The van der Waals surface area contributed by atoms with Gasteiger partial charge in [-0.15, -0.1) is 0 Å². The molecule has 2 rings (SSSR count). The second-order valence-corrected chi connectivity index (χ2v) is 3.95. The van der Waals surface area contributed by atoms with Gasteiger partial charge in [0.25, 0.3) is 5.91 Å². The number of aromatic nitrogens is 1. The van der Waals surface area contributed by atoms with Crippen molar-refractivity contribution in [2.24, 2.45) is 0 Å². The number of carbonyl (C=O) groups is 1. The van der Waals surface area contributed by atoms with Gasteiger partial charge in [0.1, 0.15) is 0 Å². The largest absolute Gasteiger partial charge is 0.392 e. The molecule has 92 valence electrons. The molecule has 0 radical (unpaired) electrons. The summed E-state index contributed by atoms with van der Waals surface area (Å²) in [6, 6.07) is 8.80. The topological polar surface area (TPSA) is 62.2 Å². The van der Waals surface area contributed by atoms with Crippen LogP contribution in [0.5, 0.6) is 0 Å². The quantitative estimate of drug-likeness (QED) is 0.866. The number of aliphatic hydroxyl groups is 1. The molecule has 4 heteroatoms. The Balaban J connectivity index is 2.25. The molecular formula is C14H14N2O2. The first-order valence-corrected chi connectivity index (χ1v) is 5.63. The highest BCUT2D eigenvalue weighted by atomic mass is 16.3. The average Bonchev–Trinajstić information content (AvgIpc) is 2.40. The Hall–Kier alpha value is -2.20. The van der Waals surface area contributed by atoms with Crippen LogP contribution in [-0.4, -0.2) is 16.0 Å². The smallest absolute Gasteiger partial charge is 0.255 e. The summed E-state index contributed by atoms with van der Waals surface area (Å²) >= 11 is 0. The van der Waals surface area contributed by atoms with E-state index in [1.54, 1.807) is 30.6 Å². The number of amides is 1. The number of hydrogen-bond acceptors (Lipinski definition) is 3. The summed E-state index contributed by atoms with van der Waals surface area (Å²) in [5.74, 6) is -0.210. The lowest BCUT2D eigenvalue weighted by molar-refractivity contribution is 0.102. The third-order valence-electron chi connectivity index (χ3n) is 2.76. The molecule has 4 nitrogen and oxygen atoms in total. The van der Waals surface area contributed by atoms with Crippen LogP contribution >= 0.6 is 0 Å². The highest BCUT2D eigenvalue weighted by molar-refractivity contribution is 6.04.